The second-order valence-electron chi connectivity index (χ2n) is 5.42. The highest BCUT2D eigenvalue weighted by atomic mass is 32.2. The zero-order valence-electron chi connectivity index (χ0n) is 14.2. The van der Waals surface area contributed by atoms with E-state index in [1.165, 1.54) is 13.2 Å². The summed E-state index contributed by atoms with van der Waals surface area (Å²) >= 11 is 0. The van der Waals surface area contributed by atoms with Crippen LogP contribution in [0.3, 0.4) is 0 Å². The predicted molar refractivity (Wildman–Crippen MR) is 92.4 cm³/mol. The molecule has 1 aromatic rings. The van der Waals surface area contributed by atoms with Crippen molar-refractivity contribution in [1.29, 1.82) is 0 Å². The summed E-state index contributed by atoms with van der Waals surface area (Å²) < 4.78 is 29.3. The van der Waals surface area contributed by atoms with Gasteiger partial charge in [0.15, 0.2) is 0 Å². The van der Waals surface area contributed by atoms with Gasteiger partial charge in [-0.05, 0) is 24.6 Å². The van der Waals surface area contributed by atoms with Crippen molar-refractivity contribution in [3.8, 4) is 0 Å². The van der Waals surface area contributed by atoms with Crippen LogP contribution in [-0.4, -0.2) is 51.1 Å². The highest BCUT2D eigenvalue weighted by Gasteiger charge is 2.19. The number of rotatable bonds is 9. The molecule has 1 N–H and O–H groups in total. The molecule has 1 aromatic carbocycles. The van der Waals surface area contributed by atoms with E-state index < -0.39 is 21.9 Å². The number of unbranched alkanes of at least 4 members (excludes halogenated alkanes) is 2. The molecular weight excluding hydrogens is 332 g/mol. The number of ether oxygens (including phenoxy) is 1. The highest BCUT2D eigenvalue weighted by molar-refractivity contribution is 7.88. The van der Waals surface area contributed by atoms with Gasteiger partial charge in [-0.3, -0.25) is 4.79 Å². The molecular formula is C16H24N2O5S. The maximum absolute atomic E-state index is 12.1. The number of nitrogens with one attached hydrogen (secondary N) is 1. The lowest BCUT2D eigenvalue weighted by Crippen LogP contribution is -2.38. The third-order valence-electron chi connectivity index (χ3n) is 3.37. The summed E-state index contributed by atoms with van der Waals surface area (Å²) in [5.41, 5.74) is 0.711. The average Bonchev–Trinajstić information content (AvgIpc) is 2.52. The Morgan fingerprint density at radius 1 is 1.25 bits per heavy atom. The number of hydrogen-bond donors (Lipinski definition) is 1. The Bertz CT molecular complexity index is 673. The van der Waals surface area contributed by atoms with Crippen LogP contribution in [0.15, 0.2) is 24.3 Å². The van der Waals surface area contributed by atoms with Gasteiger partial charge in [-0.2, -0.15) is 4.31 Å². The fourth-order valence-corrected chi connectivity index (χ4v) is 2.92. The van der Waals surface area contributed by atoms with Crippen molar-refractivity contribution in [1.82, 2.24) is 4.31 Å². The van der Waals surface area contributed by atoms with Crippen molar-refractivity contribution < 1.29 is 22.7 Å². The summed E-state index contributed by atoms with van der Waals surface area (Å²) in [4.78, 5) is 23.6. The zero-order valence-corrected chi connectivity index (χ0v) is 15.1. The minimum atomic E-state index is -3.46. The number of sulfonamides is 1. The van der Waals surface area contributed by atoms with E-state index >= 15 is 0 Å². The molecule has 8 heteroatoms. The van der Waals surface area contributed by atoms with Gasteiger partial charge in [-0.25, -0.2) is 13.2 Å². The summed E-state index contributed by atoms with van der Waals surface area (Å²) in [6.45, 7) is 2.07. The number of anilines is 1. The van der Waals surface area contributed by atoms with Gasteiger partial charge >= 0.3 is 5.97 Å². The number of methoxy groups -OCH3 is 1. The van der Waals surface area contributed by atoms with Crippen molar-refractivity contribution in [3.63, 3.8) is 0 Å². The van der Waals surface area contributed by atoms with Gasteiger partial charge < -0.3 is 10.1 Å². The Balaban J connectivity index is 2.73. The summed E-state index contributed by atoms with van der Waals surface area (Å²) in [6.07, 6.45) is 3.65. The van der Waals surface area contributed by atoms with Crippen LogP contribution in [0, 0.1) is 0 Å². The lowest BCUT2D eigenvalue weighted by Gasteiger charge is -2.19. The van der Waals surface area contributed by atoms with E-state index in [1.54, 1.807) is 18.2 Å². The summed E-state index contributed by atoms with van der Waals surface area (Å²) in [5, 5.41) is 2.60. The number of benzene rings is 1. The number of nitrogens with zero attached hydrogens (tertiary/aromatic N) is 1. The Morgan fingerprint density at radius 3 is 2.54 bits per heavy atom. The average molecular weight is 356 g/mol. The summed E-state index contributed by atoms with van der Waals surface area (Å²) in [5.74, 6) is -0.970. The minimum Gasteiger partial charge on any atom is -0.465 e. The fraction of sp³-hybridized carbons (Fsp3) is 0.500. The maximum atomic E-state index is 12.1. The monoisotopic (exact) mass is 356 g/mol. The topological polar surface area (TPSA) is 92.8 Å². The van der Waals surface area contributed by atoms with Crippen LogP contribution in [0.5, 0.6) is 0 Å². The van der Waals surface area contributed by atoms with Gasteiger partial charge in [0, 0.05) is 12.2 Å². The highest BCUT2D eigenvalue weighted by Crippen LogP contribution is 2.12. The Hall–Kier alpha value is -1.93. The van der Waals surface area contributed by atoms with Crippen LogP contribution in [0.4, 0.5) is 5.69 Å². The predicted octanol–water partition coefficient (Wildman–Crippen LogP) is 1.86. The Morgan fingerprint density at radius 2 is 1.96 bits per heavy atom. The number of hydrogen-bond acceptors (Lipinski definition) is 5. The molecule has 0 saturated carbocycles. The van der Waals surface area contributed by atoms with Crippen molar-refractivity contribution in [3.05, 3.63) is 29.8 Å². The molecule has 0 saturated heterocycles. The molecule has 0 aliphatic heterocycles. The van der Waals surface area contributed by atoms with Gasteiger partial charge in [0.1, 0.15) is 0 Å². The first-order valence-electron chi connectivity index (χ1n) is 7.71. The van der Waals surface area contributed by atoms with E-state index in [-0.39, 0.29) is 6.54 Å². The Labute approximate surface area is 143 Å². The molecule has 24 heavy (non-hydrogen) atoms. The molecule has 0 spiro atoms. The van der Waals surface area contributed by atoms with E-state index in [1.807, 2.05) is 6.92 Å². The zero-order chi connectivity index (χ0) is 18.2. The molecule has 0 unspecified atom stereocenters. The van der Waals surface area contributed by atoms with Gasteiger partial charge in [-0.1, -0.05) is 25.8 Å². The molecule has 7 nitrogen and oxygen atoms in total. The van der Waals surface area contributed by atoms with Crippen molar-refractivity contribution in [2.75, 3.05) is 31.8 Å². The second-order valence-corrected chi connectivity index (χ2v) is 7.41. The Kier molecular flexibility index (Phi) is 7.87. The standard InChI is InChI=1S/C16H24N2O5S/c1-4-5-6-10-18(24(3,21)22)12-15(19)17-14-9-7-8-13(11-14)16(20)23-2/h7-9,11H,4-6,10,12H2,1-3H3,(H,17,19). The maximum Gasteiger partial charge on any atom is 0.337 e. The van der Waals surface area contributed by atoms with Crippen molar-refractivity contribution >= 4 is 27.6 Å². The first-order chi connectivity index (χ1) is 11.3. The van der Waals surface area contributed by atoms with Crippen LogP contribution in [0.25, 0.3) is 0 Å². The SMILES string of the molecule is CCCCCN(CC(=O)Nc1cccc(C(=O)OC)c1)S(C)(=O)=O. The molecule has 1 rings (SSSR count). The van der Waals surface area contributed by atoms with Gasteiger partial charge in [0.2, 0.25) is 15.9 Å². The van der Waals surface area contributed by atoms with E-state index in [2.05, 4.69) is 10.1 Å². The van der Waals surface area contributed by atoms with E-state index in [9.17, 15) is 18.0 Å². The molecule has 134 valence electrons. The van der Waals surface area contributed by atoms with Gasteiger partial charge in [-0.15, -0.1) is 0 Å². The molecule has 0 aromatic heterocycles. The van der Waals surface area contributed by atoms with Crippen molar-refractivity contribution in [2.45, 2.75) is 26.2 Å². The van der Waals surface area contributed by atoms with Crippen molar-refractivity contribution in [2.24, 2.45) is 0 Å². The first-order valence-corrected chi connectivity index (χ1v) is 9.56. The van der Waals surface area contributed by atoms with E-state index in [0.29, 0.717) is 24.2 Å². The molecule has 0 radical (unpaired) electrons. The number of carbonyl (C=O) groups excluding carboxylic acids is 2. The quantitative estimate of drug-likeness (QED) is 0.538. The first kappa shape index (κ1) is 20.1. The summed E-state index contributed by atoms with van der Waals surface area (Å²) in [7, 11) is -2.19. The summed E-state index contributed by atoms with van der Waals surface area (Å²) in [6, 6.07) is 6.27. The van der Waals surface area contributed by atoms with Gasteiger partial charge in [0.25, 0.3) is 0 Å². The smallest absolute Gasteiger partial charge is 0.337 e. The van der Waals surface area contributed by atoms with Gasteiger partial charge in [0.05, 0.1) is 25.5 Å². The second kappa shape index (κ2) is 9.39. The fourth-order valence-electron chi connectivity index (χ4n) is 2.10. The van der Waals surface area contributed by atoms with Crippen LogP contribution in [0.2, 0.25) is 0 Å². The lowest BCUT2D eigenvalue weighted by atomic mass is 10.2. The van der Waals surface area contributed by atoms with Crippen LogP contribution >= 0.6 is 0 Å². The number of carbonyl (C=O) groups is 2. The molecule has 0 atom stereocenters. The molecule has 0 aliphatic carbocycles. The lowest BCUT2D eigenvalue weighted by molar-refractivity contribution is -0.116. The molecule has 0 heterocycles. The third-order valence-corrected chi connectivity index (χ3v) is 4.62. The molecule has 0 fully saturated rings. The molecule has 1 amide bonds. The molecule has 0 aliphatic rings. The van der Waals surface area contributed by atoms with Crippen LogP contribution in [-0.2, 0) is 19.6 Å². The normalized spacial score (nSPS) is 11.3. The number of amides is 1. The van der Waals surface area contributed by atoms with Crippen LogP contribution < -0.4 is 5.32 Å². The number of esters is 1. The third kappa shape index (κ3) is 6.67. The minimum absolute atomic E-state index is 0.259. The largest absolute Gasteiger partial charge is 0.465 e. The molecule has 0 bridgehead atoms. The van der Waals surface area contributed by atoms with Crippen LogP contribution in [0.1, 0.15) is 36.5 Å². The van der Waals surface area contributed by atoms with E-state index in [0.717, 1.165) is 23.4 Å². The van der Waals surface area contributed by atoms with E-state index in [4.69, 9.17) is 0 Å².